The Bertz CT molecular complexity index is 1430. The van der Waals surface area contributed by atoms with Gasteiger partial charge in [0.25, 0.3) is 0 Å². The highest BCUT2D eigenvalue weighted by Gasteiger charge is 2.44. The number of benzene rings is 2. The molecule has 11 nitrogen and oxygen atoms in total. The van der Waals surface area contributed by atoms with E-state index in [2.05, 4.69) is 10.6 Å². The van der Waals surface area contributed by atoms with Crippen LogP contribution in [0.1, 0.15) is 39.7 Å². The summed E-state index contributed by atoms with van der Waals surface area (Å²) in [5.41, 5.74) is 4.04. The minimum atomic E-state index is -3.94. The molecule has 3 atom stereocenters. The Labute approximate surface area is 248 Å². The van der Waals surface area contributed by atoms with E-state index in [9.17, 15) is 26.7 Å². The number of hydrogen-bond acceptors (Lipinski definition) is 10. The largest absolute Gasteiger partial charge is 0.454 e. The van der Waals surface area contributed by atoms with Gasteiger partial charge < -0.3 is 25.6 Å². The molecule has 3 rings (SSSR count). The minimum absolute atomic E-state index is 0. The molecule has 0 unspecified atom stereocenters. The fraction of sp³-hybridized carbons (Fsp3) is 0.519. The molecule has 5 N–H and O–H groups in total. The standard InChI is InChI=1S/C27H39N3O8S2.ClH/c1-6-27(15-19-10-8-7-9-11-19,30-24(31)23(28)25(2,3)39(5,33)34)29-16-26(4,32)17-40(35,36)20-12-13-21-22(14-20)38-18-37-21;/h7-14,23,29,32H,6,15-18,28H2,1-5H3,(H,30,31);1H/t23-,26+,27-;/m0./s1. The van der Waals surface area contributed by atoms with Crippen LogP contribution in [0.5, 0.6) is 11.5 Å². The van der Waals surface area contributed by atoms with Crippen LogP contribution >= 0.6 is 12.4 Å². The number of rotatable bonds is 13. The summed E-state index contributed by atoms with van der Waals surface area (Å²) in [7, 11) is -7.63. The number of amides is 1. The Balaban J connectivity index is 0.00000588. The van der Waals surface area contributed by atoms with Crippen molar-refractivity contribution in [3.63, 3.8) is 0 Å². The number of hydrogen-bond donors (Lipinski definition) is 4. The van der Waals surface area contributed by atoms with Crippen molar-refractivity contribution in [2.24, 2.45) is 5.73 Å². The van der Waals surface area contributed by atoms with E-state index < -0.39 is 53.4 Å². The van der Waals surface area contributed by atoms with Gasteiger partial charge in [0, 0.05) is 25.3 Å². The molecule has 0 aromatic heterocycles. The number of aliphatic hydroxyl groups is 1. The van der Waals surface area contributed by atoms with Crippen LogP contribution in [-0.2, 0) is 30.9 Å². The smallest absolute Gasteiger partial charge is 0.239 e. The molecule has 0 saturated heterocycles. The molecule has 230 valence electrons. The maximum Gasteiger partial charge on any atom is 0.239 e. The van der Waals surface area contributed by atoms with E-state index >= 15 is 0 Å². The van der Waals surface area contributed by atoms with E-state index in [4.69, 9.17) is 15.2 Å². The number of nitrogens with two attached hydrogens (primary N) is 1. The quantitative estimate of drug-likeness (QED) is 0.237. The van der Waals surface area contributed by atoms with E-state index in [0.29, 0.717) is 17.9 Å². The number of fused-ring (bicyclic) bond motifs is 1. The third kappa shape index (κ3) is 8.33. The SMILES string of the molecule is CC[C@](Cc1ccccc1)(NC[C@@](C)(O)CS(=O)(=O)c1ccc2c(c1)OCO2)NC(=O)[C@H](N)C(C)(C)S(C)(=O)=O.Cl. The molecule has 1 aliphatic rings. The van der Waals surface area contributed by atoms with Gasteiger partial charge in [-0.2, -0.15) is 0 Å². The molecule has 2 aromatic carbocycles. The Morgan fingerprint density at radius 3 is 2.24 bits per heavy atom. The lowest BCUT2D eigenvalue weighted by Gasteiger charge is -2.40. The van der Waals surface area contributed by atoms with Crippen molar-refractivity contribution in [2.45, 2.75) is 67.5 Å². The summed E-state index contributed by atoms with van der Waals surface area (Å²) in [5, 5.41) is 17.2. The van der Waals surface area contributed by atoms with Crippen LogP contribution < -0.4 is 25.8 Å². The Morgan fingerprint density at radius 1 is 1.05 bits per heavy atom. The van der Waals surface area contributed by atoms with Crippen molar-refractivity contribution in [1.82, 2.24) is 10.6 Å². The highest BCUT2D eigenvalue weighted by Crippen LogP contribution is 2.34. The van der Waals surface area contributed by atoms with Gasteiger partial charge in [0.1, 0.15) is 6.04 Å². The van der Waals surface area contributed by atoms with E-state index in [1.807, 2.05) is 37.3 Å². The van der Waals surface area contributed by atoms with Crippen LogP contribution in [0.15, 0.2) is 53.4 Å². The lowest BCUT2D eigenvalue weighted by Crippen LogP contribution is -2.67. The molecule has 1 heterocycles. The predicted octanol–water partition coefficient (Wildman–Crippen LogP) is 1.57. The van der Waals surface area contributed by atoms with E-state index in [0.717, 1.165) is 11.8 Å². The molecule has 0 saturated carbocycles. The fourth-order valence-electron chi connectivity index (χ4n) is 4.27. The zero-order valence-electron chi connectivity index (χ0n) is 23.8. The van der Waals surface area contributed by atoms with Gasteiger partial charge >= 0.3 is 0 Å². The monoisotopic (exact) mass is 633 g/mol. The van der Waals surface area contributed by atoms with E-state index in [-0.39, 0.29) is 37.1 Å². The van der Waals surface area contributed by atoms with Gasteiger partial charge in [-0.05, 0) is 44.9 Å². The summed E-state index contributed by atoms with van der Waals surface area (Å²) in [6.45, 7) is 5.74. The van der Waals surface area contributed by atoms with Gasteiger partial charge in [-0.1, -0.05) is 37.3 Å². The van der Waals surface area contributed by atoms with Crippen LogP contribution in [0, 0.1) is 0 Å². The lowest BCUT2D eigenvalue weighted by molar-refractivity contribution is -0.125. The first-order valence-electron chi connectivity index (χ1n) is 12.8. The molecule has 2 aromatic rings. The molecule has 0 spiro atoms. The molecular weight excluding hydrogens is 594 g/mol. The summed E-state index contributed by atoms with van der Waals surface area (Å²) >= 11 is 0. The molecule has 14 heteroatoms. The minimum Gasteiger partial charge on any atom is -0.454 e. The third-order valence-electron chi connectivity index (χ3n) is 7.31. The molecule has 0 fully saturated rings. The van der Waals surface area contributed by atoms with Crippen molar-refractivity contribution in [2.75, 3.05) is 25.3 Å². The number of halogens is 1. The zero-order chi connectivity index (χ0) is 30.0. The third-order valence-corrected chi connectivity index (χ3v) is 11.5. The van der Waals surface area contributed by atoms with Crippen LogP contribution in [-0.4, -0.2) is 75.2 Å². The molecule has 0 bridgehead atoms. The van der Waals surface area contributed by atoms with Crippen molar-refractivity contribution < 1.29 is 36.2 Å². The fourth-order valence-corrected chi connectivity index (χ4v) is 6.48. The van der Waals surface area contributed by atoms with Gasteiger partial charge in [-0.3, -0.25) is 10.1 Å². The van der Waals surface area contributed by atoms with Crippen molar-refractivity contribution in [3.8, 4) is 11.5 Å². The molecule has 0 aliphatic carbocycles. The average Bonchev–Trinajstić information content (AvgIpc) is 3.34. The second kappa shape index (κ2) is 12.8. The Kier molecular flexibility index (Phi) is 10.9. The molecular formula is C27H40ClN3O8S2. The predicted molar refractivity (Wildman–Crippen MR) is 159 cm³/mol. The number of sulfone groups is 2. The van der Waals surface area contributed by atoms with E-state index in [1.165, 1.54) is 39.0 Å². The molecule has 41 heavy (non-hydrogen) atoms. The topological polar surface area (TPSA) is 174 Å². The van der Waals surface area contributed by atoms with Gasteiger partial charge in [0.05, 0.1) is 26.7 Å². The number of nitrogens with one attached hydrogen (secondary N) is 2. The maximum atomic E-state index is 13.3. The van der Waals surface area contributed by atoms with Gasteiger partial charge in [0.15, 0.2) is 31.2 Å². The Hall–Kier alpha value is -2.42. The Morgan fingerprint density at radius 2 is 1.66 bits per heavy atom. The maximum absolute atomic E-state index is 13.3. The summed E-state index contributed by atoms with van der Waals surface area (Å²) < 4.78 is 60.0. The van der Waals surface area contributed by atoms with Gasteiger partial charge in [0.2, 0.25) is 12.7 Å². The summed E-state index contributed by atoms with van der Waals surface area (Å²) in [5.74, 6) is -0.572. The molecule has 0 radical (unpaired) electrons. The highest BCUT2D eigenvalue weighted by atomic mass is 35.5. The van der Waals surface area contributed by atoms with E-state index in [1.54, 1.807) is 0 Å². The van der Waals surface area contributed by atoms with Gasteiger partial charge in [-0.25, -0.2) is 16.8 Å². The number of carbonyl (C=O) groups is 1. The zero-order valence-corrected chi connectivity index (χ0v) is 26.3. The van der Waals surface area contributed by atoms with Crippen molar-refractivity contribution in [1.29, 1.82) is 0 Å². The highest BCUT2D eigenvalue weighted by molar-refractivity contribution is 7.92. The van der Waals surface area contributed by atoms with Crippen LogP contribution in [0.3, 0.4) is 0 Å². The first-order chi connectivity index (χ1) is 18.4. The molecule has 1 aliphatic heterocycles. The number of carbonyl (C=O) groups excluding carboxylic acids is 1. The second-order valence-electron chi connectivity index (χ2n) is 11.1. The second-order valence-corrected chi connectivity index (χ2v) is 15.7. The summed E-state index contributed by atoms with van der Waals surface area (Å²) in [6.07, 6.45) is 1.59. The van der Waals surface area contributed by atoms with Crippen LogP contribution in [0.25, 0.3) is 0 Å². The first-order valence-corrected chi connectivity index (χ1v) is 16.4. The normalized spacial score (nSPS) is 17.0. The first kappa shape index (κ1) is 34.8. The van der Waals surface area contributed by atoms with Crippen molar-refractivity contribution in [3.05, 3.63) is 54.1 Å². The van der Waals surface area contributed by atoms with Gasteiger partial charge in [-0.15, -0.1) is 12.4 Å². The summed E-state index contributed by atoms with van der Waals surface area (Å²) in [6, 6.07) is 12.1. The summed E-state index contributed by atoms with van der Waals surface area (Å²) in [4.78, 5) is 13.3. The van der Waals surface area contributed by atoms with Crippen LogP contribution in [0.4, 0.5) is 0 Å². The average molecular weight is 634 g/mol. The number of ether oxygens (including phenoxy) is 2. The molecule has 1 amide bonds. The lowest BCUT2D eigenvalue weighted by atomic mass is 9.94. The van der Waals surface area contributed by atoms with Crippen LogP contribution in [0.2, 0.25) is 0 Å². The van der Waals surface area contributed by atoms with Crippen molar-refractivity contribution >= 4 is 38.0 Å².